The van der Waals surface area contributed by atoms with E-state index >= 15 is 0 Å². The van der Waals surface area contributed by atoms with E-state index in [4.69, 9.17) is 11.6 Å². The Morgan fingerprint density at radius 3 is 2.38 bits per heavy atom. The van der Waals surface area contributed by atoms with Crippen molar-refractivity contribution in [3.8, 4) is 6.07 Å². The molecule has 0 radical (unpaired) electrons. The fraction of sp³-hybridized carbons (Fsp3) is 0.148. The van der Waals surface area contributed by atoms with Crippen LogP contribution < -0.4 is 10.2 Å². The summed E-state index contributed by atoms with van der Waals surface area (Å²) < 4.78 is 0. The minimum absolute atomic E-state index is 0.110. The van der Waals surface area contributed by atoms with Gasteiger partial charge < -0.3 is 5.32 Å². The number of halogens is 1. The second-order valence-electron chi connectivity index (χ2n) is 8.00. The van der Waals surface area contributed by atoms with E-state index in [-0.39, 0.29) is 11.5 Å². The fourth-order valence-corrected chi connectivity index (χ4v) is 5.10. The predicted molar refractivity (Wildman–Crippen MR) is 138 cm³/mol. The van der Waals surface area contributed by atoms with Crippen molar-refractivity contribution in [2.24, 2.45) is 0 Å². The number of benzene rings is 3. The van der Waals surface area contributed by atoms with Crippen molar-refractivity contribution < 1.29 is 9.59 Å². The Balaban J connectivity index is 1.73. The minimum atomic E-state index is -0.575. The van der Waals surface area contributed by atoms with Crippen LogP contribution in [0.2, 0.25) is 5.02 Å². The number of nitrogens with zero attached hydrogens (tertiary/aromatic N) is 2. The van der Waals surface area contributed by atoms with Crippen molar-refractivity contribution in [1.82, 2.24) is 0 Å². The molecule has 5 nitrogen and oxygen atoms in total. The lowest BCUT2D eigenvalue weighted by Gasteiger charge is -2.19. The van der Waals surface area contributed by atoms with Crippen LogP contribution in [-0.2, 0) is 16.0 Å². The molecule has 1 atom stereocenters. The number of carbonyl (C=O) groups is 2. The van der Waals surface area contributed by atoms with Gasteiger partial charge in [-0.05, 0) is 67.8 Å². The van der Waals surface area contributed by atoms with Gasteiger partial charge in [0.05, 0.1) is 5.25 Å². The van der Waals surface area contributed by atoms with Crippen molar-refractivity contribution in [2.45, 2.75) is 25.5 Å². The number of hydrogen-bond donors (Lipinski definition) is 1. The largest absolute Gasteiger partial charge is 0.321 e. The van der Waals surface area contributed by atoms with Crippen molar-refractivity contribution >= 4 is 46.6 Å². The summed E-state index contributed by atoms with van der Waals surface area (Å²) >= 11 is 7.18. The van der Waals surface area contributed by atoms with Gasteiger partial charge in [-0.2, -0.15) is 5.26 Å². The molecule has 4 rings (SSSR count). The van der Waals surface area contributed by atoms with Crippen LogP contribution in [0.25, 0.3) is 0 Å². The number of thioether (sulfide) groups is 1. The molecule has 0 bridgehead atoms. The maximum Gasteiger partial charge on any atom is 0.269 e. The summed E-state index contributed by atoms with van der Waals surface area (Å²) in [4.78, 5) is 28.2. The molecule has 0 aromatic heterocycles. The molecule has 2 amide bonds. The highest BCUT2D eigenvalue weighted by Gasteiger charge is 2.41. The second kappa shape index (κ2) is 10.2. The number of amides is 2. The van der Waals surface area contributed by atoms with Gasteiger partial charge in [-0.25, -0.2) is 0 Å². The standard InChI is InChI=1S/C27H22ClN3O2S/c1-17-7-13-22(14-8-17)31-26(33)24(15-19-6-4-3-5-18(19)2)34-27(31)23(16-29)25(32)30-21-11-9-20(28)10-12-21/h3-14,24H,15H2,1-2H3,(H,30,32). The van der Waals surface area contributed by atoms with Crippen LogP contribution in [-0.4, -0.2) is 17.1 Å². The molecule has 0 saturated carbocycles. The first kappa shape index (κ1) is 23.6. The average Bonchev–Trinajstić information content (AvgIpc) is 3.13. The second-order valence-corrected chi connectivity index (χ2v) is 9.63. The molecule has 1 N–H and O–H groups in total. The van der Waals surface area contributed by atoms with Gasteiger partial charge in [0.15, 0.2) is 0 Å². The first-order chi connectivity index (χ1) is 16.4. The average molecular weight is 488 g/mol. The summed E-state index contributed by atoms with van der Waals surface area (Å²) in [6.07, 6.45) is 0.500. The SMILES string of the molecule is Cc1ccc(N2C(=O)C(Cc3ccccc3C)SC2=C(C#N)C(=O)Nc2ccc(Cl)cc2)cc1. The highest BCUT2D eigenvalue weighted by atomic mass is 35.5. The quantitative estimate of drug-likeness (QED) is 0.352. The zero-order valence-electron chi connectivity index (χ0n) is 18.7. The molecule has 1 saturated heterocycles. The lowest BCUT2D eigenvalue weighted by atomic mass is 10.0. The first-order valence-electron chi connectivity index (χ1n) is 10.7. The Morgan fingerprint density at radius 1 is 1.06 bits per heavy atom. The lowest BCUT2D eigenvalue weighted by molar-refractivity contribution is -0.117. The van der Waals surface area contributed by atoms with Gasteiger partial charge in [0, 0.05) is 16.4 Å². The van der Waals surface area contributed by atoms with Crippen LogP contribution in [0, 0.1) is 25.2 Å². The van der Waals surface area contributed by atoms with Crippen LogP contribution in [0.1, 0.15) is 16.7 Å². The third kappa shape index (κ3) is 5.01. The maximum atomic E-state index is 13.6. The van der Waals surface area contributed by atoms with Gasteiger partial charge in [0.2, 0.25) is 5.91 Å². The van der Waals surface area contributed by atoms with Gasteiger partial charge in [-0.1, -0.05) is 65.3 Å². The van der Waals surface area contributed by atoms with E-state index in [1.165, 1.54) is 16.7 Å². The number of nitrogens with one attached hydrogen (secondary N) is 1. The zero-order valence-corrected chi connectivity index (χ0v) is 20.3. The van der Waals surface area contributed by atoms with Crippen molar-refractivity contribution in [3.05, 3.63) is 105 Å². The van der Waals surface area contributed by atoms with E-state index in [0.717, 1.165) is 16.7 Å². The summed E-state index contributed by atoms with van der Waals surface area (Å²) in [5.41, 5.74) is 4.22. The summed E-state index contributed by atoms with van der Waals surface area (Å²) in [5, 5.41) is 13.1. The number of nitriles is 1. The molecule has 1 aliphatic heterocycles. The van der Waals surface area contributed by atoms with Crippen molar-refractivity contribution in [2.75, 3.05) is 10.2 Å². The molecule has 1 fully saturated rings. The van der Waals surface area contributed by atoms with Crippen molar-refractivity contribution in [1.29, 1.82) is 5.26 Å². The number of aryl methyl sites for hydroxylation is 2. The molecule has 7 heteroatoms. The Bertz CT molecular complexity index is 1310. The molecule has 1 aliphatic rings. The van der Waals surface area contributed by atoms with Gasteiger partial charge in [0.25, 0.3) is 5.91 Å². The first-order valence-corrected chi connectivity index (χ1v) is 12.0. The van der Waals surface area contributed by atoms with Gasteiger partial charge in [0.1, 0.15) is 16.7 Å². The van der Waals surface area contributed by atoms with Crippen LogP contribution in [0.5, 0.6) is 0 Å². The lowest BCUT2D eigenvalue weighted by Crippen LogP contribution is -2.31. The van der Waals surface area contributed by atoms with E-state index in [9.17, 15) is 14.9 Å². The normalized spacial score (nSPS) is 16.8. The molecular weight excluding hydrogens is 466 g/mol. The van der Waals surface area contributed by atoms with E-state index in [2.05, 4.69) is 5.32 Å². The topological polar surface area (TPSA) is 73.2 Å². The number of anilines is 2. The monoisotopic (exact) mass is 487 g/mol. The Morgan fingerprint density at radius 2 is 1.74 bits per heavy atom. The molecule has 34 heavy (non-hydrogen) atoms. The molecule has 1 unspecified atom stereocenters. The van der Waals surface area contributed by atoms with Gasteiger partial charge in [-0.15, -0.1) is 0 Å². The predicted octanol–water partition coefficient (Wildman–Crippen LogP) is 6.02. The summed E-state index contributed by atoms with van der Waals surface area (Å²) in [6, 6.07) is 24.0. The molecule has 0 aliphatic carbocycles. The van der Waals surface area contributed by atoms with Crippen LogP contribution in [0.15, 0.2) is 83.4 Å². The Hall–Kier alpha value is -3.53. The third-order valence-electron chi connectivity index (χ3n) is 5.57. The van der Waals surface area contributed by atoms with Gasteiger partial charge >= 0.3 is 0 Å². The molecule has 0 spiro atoms. The molecule has 3 aromatic rings. The fourth-order valence-electron chi connectivity index (χ4n) is 3.68. The number of rotatable bonds is 5. The van der Waals surface area contributed by atoms with E-state index < -0.39 is 11.2 Å². The highest BCUT2D eigenvalue weighted by Crippen LogP contribution is 2.42. The van der Waals surface area contributed by atoms with E-state index in [0.29, 0.717) is 27.8 Å². The van der Waals surface area contributed by atoms with Crippen LogP contribution in [0.4, 0.5) is 11.4 Å². The summed E-state index contributed by atoms with van der Waals surface area (Å²) in [7, 11) is 0. The molecular formula is C27H22ClN3O2S. The summed E-state index contributed by atoms with van der Waals surface area (Å²) in [6.45, 7) is 3.97. The van der Waals surface area contributed by atoms with E-state index in [1.54, 1.807) is 24.3 Å². The van der Waals surface area contributed by atoms with Gasteiger partial charge in [-0.3, -0.25) is 14.5 Å². The molecule has 3 aromatic carbocycles. The third-order valence-corrected chi connectivity index (χ3v) is 7.08. The van der Waals surface area contributed by atoms with Crippen LogP contribution >= 0.6 is 23.4 Å². The smallest absolute Gasteiger partial charge is 0.269 e. The Labute approximate surface area is 208 Å². The minimum Gasteiger partial charge on any atom is -0.321 e. The van der Waals surface area contributed by atoms with E-state index in [1.807, 2.05) is 68.4 Å². The summed E-state index contributed by atoms with van der Waals surface area (Å²) in [5.74, 6) is -0.729. The Kier molecular flexibility index (Phi) is 7.06. The molecule has 1 heterocycles. The zero-order chi connectivity index (χ0) is 24.2. The maximum absolute atomic E-state index is 13.6. The highest BCUT2D eigenvalue weighted by molar-refractivity contribution is 8.05. The molecule has 170 valence electrons. The van der Waals surface area contributed by atoms with Crippen molar-refractivity contribution in [3.63, 3.8) is 0 Å². The number of hydrogen-bond acceptors (Lipinski definition) is 4. The van der Waals surface area contributed by atoms with Crippen LogP contribution in [0.3, 0.4) is 0 Å². The number of carbonyl (C=O) groups excluding carboxylic acids is 2.